The van der Waals surface area contributed by atoms with Crippen molar-refractivity contribution in [3.8, 4) is 6.01 Å². The van der Waals surface area contributed by atoms with Crippen molar-refractivity contribution in [1.82, 2.24) is 20.3 Å². The molecular weight excluding hydrogens is 437 g/mol. The van der Waals surface area contributed by atoms with E-state index in [4.69, 9.17) is 33.0 Å². The molecule has 0 radical (unpaired) electrons. The Morgan fingerprint density at radius 1 is 1.30 bits per heavy atom. The van der Waals surface area contributed by atoms with Crippen molar-refractivity contribution in [2.45, 2.75) is 25.8 Å². The Labute approximate surface area is 182 Å². The first kappa shape index (κ1) is 22.1. The highest BCUT2D eigenvalue weighted by atomic mass is 35.5. The zero-order valence-corrected chi connectivity index (χ0v) is 17.6. The number of piperidine rings is 1. The number of aromatic nitrogens is 3. The number of nitrogens with one attached hydrogen (secondary N) is 2. The molecule has 0 aromatic carbocycles. The highest BCUT2D eigenvalue weighted by molar-refractivity contribution is 6.44. The van der Waals surface area contributed by atoms with Gasteiger partial charge in [-0.05, 0) is 19.8 Å². The highest BCUT2D eigenvalue weighted by Gasteiger charge is 2.25. The largest absolute Gasteiger partial charge is 0.477 e. The number of carboxylic acids is 1. The Morgan fingerprint density at radius 2 is 2.00 bits per heavy atom. The molecule has 2 aromatic heterocycles. The van der Waals surface area contributed by atoms with Gasteiger partial charge in [-0.2, -0.15) is 9.97 Å². The van der Waals surface area contributed by atoms with E-state index in [2.05, 4.69) is 20.3 Å². The lowest BCUT2D eigenvalue weighted by Crippen LogP contribution is -2.45. The van der Waals surface area contributed by atoms with Crippen LogP contribution in [0.1, 0.15) is 39.5 Å². The molecule has 0 bridgehead atoms. The van der Waals surface area contributed by atoms with Gasteiger partial charge in [0.1, 0.15) is 18.1 Å². The number of H-pyrrole nitrogens is 1. The normalized spacial score (nSPS) is 14.6. The van der Waals surface area contributed by atoms with Crippen LogP contribution in [0.2, 0.25) is 10.0 Å². The van der Waals surface area contributed by atoms with Crippen LogP contribution in [0, 0.1) is 6.92 Å². The number of halogens is 2. The van der Waals surface area contributed by atoms with Gasteiger partial charge >= 0.3 is 12.0 Å². The molecule has 1 aliphatic heterocycles. The number of aliphatic hydroxyl groups is 1. The fourth-order valence-electron chi connectivity index (χ4n) is 3.12. The van der Waals surface area contributed by atoms with Crippen LogP contribution in [0.4, 0.5) is 5.82 Å². The summed E-state index contributed by atoms with van der Waals surface area (Å²) in [6, 6.07) is 1.18. The number of aliphatic hydroxyl groups excluding tert-OH is 1. The van der Waals surface area contributed by atoms with Gasteiger partial charge in [0.05, 0.1) is 16.7 Å². The van der Waals surface area contributed by atoms with Crippen molar-refractivity contribution in [3.63, 3.8) is 0 Å². The molecule has 1 saturated heterocycles. The number of hydrogen-bond donors (Lipinski definition) is 4. The quantitative estimate of drug-likeness (QED) is 0.493. The minimum atomic E-state index is -1.20. The number of carboxylic acid groups (broad SMARTS) is 1. The summed E-state index contributed by atoms with van der Waals surface area (Å²) < 4.78 is 5.18. The lowest BCUT2D eigenvalue weighted by Gasteiger charge is -2.33. The van der Waals surface area contributed by atoms with Gasteiger partial charge in [0, 0.05) is 30.9 Å². The molecule has 4 N–H and O–H groups in total. The third-order valence-electron chi connectivity index (χ3n) is 4.67. The van der Waals surface area contributed by atoms with Gasteiger partial charge in [0.2, 0.25) is 0 Å². The molecular formula is C18H21Cl2N5O5. The lowest BCUT2D eigenvalue weighted by atomic mass is 10.0. The molecule has 2 aromatic rings. The van der Waals surface area contributed by atoms with Crippen LogP contribution in [0.15, 0.2) is 6.07 Å². The third kappa shape index (κ3) is 4.94. The van der Waals surface area contributed by atoms with Crippen molar-refractivity contribution in [2.75, 3.05) is 31.2 Å². The first-order chi connectivity index (χ1) is 14.3. The van der Waals surface area contributed by atoms with E-state index in [-0.39, 0.29) is 47.6 Å². The van der Waals surface area contributed by atoms with Gasteiger partial charge in [-0.1, -0.05) is 23.2 Å². The molecule has 3 rings (SSSR count). The summed E-state index contributed by atoms with van der Waals surface area (Å²) in [5, 5.41) is 21.6. The molecule has 0 aliphatic carbocycles. The van der Waals surface area contributed by atoms with E-state index >= 15 is 0 Å². The number of amides is 1. The Kier molecular flexibility index (Phi) is 7.01. The fourth-order valence-corrected chi connectivity index (χ4v) is 3.54. The Balaban J connectivity index is 1.65. The molecule has 30 heavy (non-hydrogen) atoms. The number of carbonyl (C=O) groups excluding carboxylic acids is 1. The highest BCUT2D eigenvalue weighted by Crippen LogP contribution is 2.29. The van der Waals surface area contributed by atoms with E-state index in [1.807, 2.05) is 4.90 Å². The van der Waals surface area contributed by atoms with E-state index in [0.29, 0.717) is 42.5 Å². The van der Waals surface area contributed by atoms with Gasteiger partial charge in [-0.15, -0.1) is 0 Å². The maximum atomic E-state index is 12.5. The smallest absolute Gasteiger partial charge is 0.354 e. The molecule has 0 atom stereocenters. The van der Waals surface area contributed by atoms with Crippen molar-refractivity contribution in [2.24, 2.45) is 0 Å². The van der Waals surface area contributed by atoms with E-state index in [1.54, 1.807) is 6.92 Å². The second-order valence-electron chi connectivity index (χ2n) is 6.76. The van der Waals surface area contributed by atoms with Gasteiger partial charge < -0.3 is 30.2 Å². The van der Waals surface area contributed by atoms with Crippen LogP contribution in [0.5, 0.6) is 6.01 Å². The van der Waals surface area contributed by atoms with Crippen molar-refractivity contribution < 1.29 is 24.5 Å². The molecule has 3 heterocycles. The molecule has 10 nitrogen and oxygen atoms in total. The number of nitrogens with zero attached hydrogens (tertiary/aromatic N) is 3. The van der Waals surface area contributed by atoms with Crippen LogP contribution in [0.3, 0.4) is 0 Å². The van der Waals surface area contributed by atoms with Crippen LogP contribution in [0.25, 0.3) is 0 Å². The van der Waals surface area contributed by atoms with Gasteiger partial charge in [0.25, 0.3) is 5.91 Å². The van der Waals surface area contributed by atoms with E-state index in [0.717, 1.165) is 0 Å². The van der Waals surface area contributed by atoms with E-state index in [1.165, 1.54) is 6.07 Å². The Morgan fingerprint density at radius 3 is 2.57 bits per heavy atom. The average Bonchev–Trinajstić information content (AvgIpc) is 3.00. The summed E-state index contributed by atoms with van der Waals surface area (Å²) in [7, 11) is 0. The minimum absolute atomic E-state index is 0.0403. The summed E-state index contributed by atoms with van der Waals surface area (Å²) in [4.78, 5) is 36.7. The number of carbonyl (C=O) groups is 2. The lowest BCUT2D eigenvalue weighted by molar-refractivity contribution is 0.0688. The molecule has 1 amide bonds. The number of rotatable bonds is 7. The first-order valence-electron chi connectivity index (χ1n) is 9.25. The van der Waals surface area contributed by atoms with Gasteiger partial charge in [-0.25, -0.2) is 4.79 Å². The minimum Gasteiger partial charge on any atom is -0.477 e. The molecule has 12 heteroatoms. The summed E-state index contributed by atoms with van der Waals surface area (Å²) in [5.74, 6) is -1.12. The Bertz CT molecular complexity index is 943. The number of aryl methyl sites for hydroxylation is 1. The summed E-state index contributed by atoms with van der Waals surface area (Å²) in [6.07, 6.45) is 1.24. The van der Waals surface area contributed by atoms with Crippen LogP contribution in [-0.2, 0) is 0 Å². The summed E-state index contributed by atoms with van der Waals surface area (Å²) in [5.41, 5.74) is 0.657. The average molecular weight is 458 g/mol. The number of anilines is 1. The predicted octanol–water partition coefficient (Wildman–Crippen LogP) is 1.89. The third-order valence-corrected chi connectivity index (χ3v) is 5.62. The zero-order chi connectivity index (χ0) is 21.8. The molecule has 1 fully saturated rings. The SMILES string of the molecule is Cc1[nH]c(C(=O)NC2CCN(c3cc(C(=O)O)nc(OCCO)n3)CC2)c(Cl)c1Cl. The monoisotopic (exact) mass is 457 g/mol. The predicted molar refractivity (Wildman–Crippen MR) is 110 cm³/mol. The van der Waals surface area contributed by atoms with Gasteiger partial charge in [-0.3, -0.25) is 4.79 Å². The fraction of sp³-hybridized carbons (Fsp3) is 0.444. The molecule has 0 saturated carbocycles. The summed E-state index contributed by atoms with van der Waals surface area (Å²) >= 11 is 12.1. The molecule has 0 unspecified atom stereocenters. The van der Waals surface area contributed by atoms with Crippen molar-refractivity contribution in [1.29, 1.82) is 0 Å². The standard InChI is InChI=1S/C18H21Cl2N5O5/c1-9-13(19)14(20)15(21-9)16(27)22-10-2-4-25(5-3-10)12-8-11(17(28)29)23-18(24-12)30-7-6-26/h8,10,21,26H,2-7H2,1H3,(H,22,27)(H,28,29). The number of ether oxygens (including phenoxy) is 1. The van der Waals surface area contributed by atoms with Crippen LogP contribution >= 0.6 is 23.2 Å². The number of aromatic carboxylic acids is 1. The molecule has 0 spiro atoms. The second kappa shape index (κ2) is 9.50. The van der Waals surface area contributed by atoms with Crippen molar-refractivity contribution in [3.05, 3.63) is 33.2 Å². The number of hydrogen-bond acceptors (Lipinski definition) is 7. The van der Waals surface area contributed by atoms with Gasteiger partial charge in [0.15, 0.2) is 5.69 Å². The molecule has 1 aliphatic rings. The second-order valence-corrected chi connectivity index (χ2v) is 7.51. The van der Waals surface area contributed by atoms with Crippen LogP contribution < -0.4 is 15.0 Å². The molecule has 162 valence electrons. The topological polar surface area (TPSA) is 141 Å². The first-order valence-corrected chi connectivity index (χ1v) is 10.0. The number of aromatic amines is 1. The zero-order valence-electron chi connectivity index (χ0n) is 16.1. The van der Waals surface area contributed by atoms with E-state index in [9.17, 15) is 14.7 Å². The summed E-state index contributed by atoms with van der Waals surface area (Å²) in [6.45, 7) is 2.53. The maximum Gasteiger partial charge on any atom is 0.354 e. The maximum absolute atomic E-state index is 12.5. The van der Waals surface area contributed by atoms with E-state index < -0.39 is 5.97 Å². The van der Waals surface area contributed by atoms with Crippen LogP contribution in [-0.4, -0.2) is 69.4 Å². The Hall–Kier alpha value is -2.56. The van der Waals surface area contributed by atoms with Crippen molar-refractivity contribution >= 4 is 40.9 Å².